The van der Waals surface area contributed by atoms with Crippen LogP contribution < -0.4 is 0 Å². The van der Waals surface area contributed by atoms with Gasteiger partial charge in [-0.15, -0.1) is 0 Å². The average Bonchev–Trinajstić information content (AvgIpc) is 2.18. The van der Waals surface area contributed by atoms with Gasteiger partial charge in [-0.3, -0.25) is 4.90 Å². The van der Waals surface area contributed by atoms with Crippen molar-refractivity contribution in [2.45, 2.75) is 44.8 Å². The summed E-state index contributed by atoms with van der Waals surface area (Å²) in [6, 6.07) is 0.351. The molecule has 0 amide bonds. The first-order valence-corrected chi connectivity index (χ1v) is 5.71. The first-order chi connectivity index (χ1) is 6.75. The molecule has 1 saturated carbocycles. The highest BCUT2D eigenvalue weighted by molar-refractivity contribution is 4.81. The molecule has 0 aromatic carbocycles. The molecule has 2 atom stereocenters. The molecule has 1 fully saturated rings. The maximum absolute atomic E-state index is 9.81. The van der Waals surface area contributed by atoms with Crippen LogP contribution in [0.5, 0.6) is 0 Å². The van der Waals surface area contributed by atoms with Gasteiger partial charge in [0, 0.05) is 19.2 Å². The second-order valence-corrected chi connectivity index (χ2v) is 4.10. The molecule has 3 nitrogen and oxygen atoms in total. The Balaban J connectivity index is 2.23. The summed E-state index contributed by atoms with van der Waals surface area (Å²) in [7, 11) is 2.08. The van der Waals surface area contributed by atoms with Crippen LogP contribution in [0.25, 0.3) is 0 Å². The first-order valence-electron chi connectivity index (χ1n) is 5.71. The summed E-state index contributed by atoms with van der Waals surface area (Å²) in [4.78, 5) is 2.24. The maximum atomic E-state index is 9.81. The summed E-state index contributed by atoms with van der Waals surface area (Å²) in [5.41, 5.74) is 0. The lowest BCUT2D eigenvalue weighted by Gasteiger charge is -2.35. The Labute approximate surface area is 87.1 Å². The molecule has 84 valence electrons. The van der Waals surface area contributed by atoms with Gasteiger partial charge in [0.1, 0.15) is 0 Å². The number of ether oxygens (including phenoxy) is 1. The van der Waals surface area contributed by atoms with Gasteiger partial charge in [-0.25, -0.2) is 0 Å². The second kappa shape index (κ2) is 6.38. The van der Waals surface area contributed by atoms with E-state index in [-0.39, 0.29) is 6.10 Å². The van der Waals surface area contributed by atoms with Crippen molar-refractivity contribution in [3.05, 3.63) is 0 Å². The predicted molar refractivity (Wildman–Crippen MR) is 57.4 cm³/mol. The molecule has 3 heteroatoms. The molecule has 1 N–H and O–H groups in total. The average molecular weight is 201 g/mol. The number of hydrogen-bond acceptors (Lipinski definition) is 3. The van der Waals surface area contributed by atoms with Crippen molar-refractivity contribution in [2.24, 2.45) is 0 Å². The Bertz CT molecular complexity index is 152. The van der Waals surface area contributed by atoms with Crippen molar-refractivity contribution in [1.82, 2.24) is 4.90 Å². The molecule has 0 unspecified atom stereocenters. The minimum absolute atomic E-state index is 0.129. The van der Waals surface area contributed by atoms with E-state index in [0.29, 0.717) is 6.04 Å². The summed E-state index contributed by atoms with van der Waals surface area (Å²) in [6.07, 6.45) is 4.39. The van der Waals surface area contributed by atoms with Gasteiger partial charge in [0.25, 0.3) is 0 Å². The van der Waals surface area contributed by atoms with Crippen LogP contribution in [0.1, 0.15) is 32.6 Å². The van der Waals surface area contributed by atoms with Gasteiger partial charge in [0.15, 0.2) is 0 Å². The summed E-state index contributed by atoms with van der Waals surface area (Å²) in [5.74, 6) is 0. The summed E-state index contributed by atoms with van der Waals surface area (Å²) in [5, 5.41) is 9.81. The molecule has 0 aromatic rings. The molecule has 0 radical (unpaired) electrons. The minimum atomic E-state index is -0.129. The quantitative estimate of drug-likeness (QED) is 0.680. The largest absolute Gasteiger partial charge is 0.391 e. The number of nitrogens with zero attached hydrogens (tertiary/aromatic N) is 1. The summed E-state index contributed by atoms with van der Waals surface area (Å²) >= 11 is 0. The van der Waals surface area contributed by atoms with Gasteiger partial charge in [-0.05, 0) is 26.8 Å². The Kier molecular flexibility index (Phi) is 5.45. The molecule has 0 spiro atoms. The summed E-state index contributed by atoms with van der Waals surface area (Å²) in [6.45, 7) is 4.49. The van der Waals surface area contributed by atoms with E-state index in [0.717, 1.165) is 32.6 Å². The second-order valence-electron chi connectivity index (χ2n) is 4.10. The maximum Gasteiger partial charge on any atom is 0.0695 e. The molecular weight excluding hydrogens is 178 g/mol. The van der Waals surface area contributed by atoms with Crippen molar-refractivity contribution >= 4 is 0 Å². The number of aliphatic hydroxyl groups is 1. The first kappa shape index (κ1) is 12.0. The van der Waals surface area contributed by atoms with Gasteiger partial charge in [0.05, 0.1) is 12.7 Å². The van der Waals surface area contributed by atoms with Gasteiger partial charge >= 0.3 is 0 Å². The van der Waals surface area contributed by atoms with Crippen LogP contribution in [-0.4, -0.2) is 49.0 Å². The molecule has 0 heterocycles. The number of hydrogen-bond donors (Lipinski definition) is 1. The van der Waals surface area contributed by atoms with Crippen molar-refractivity contribution in [2.75, 3.05) is 26.8 Å². The Morgan fingerprint density at radius 2 is 2.07 bits per heavy atom. The minimum Gasteiger partial charge on any atom is -0.391 e. The monoisotopic (exact) mass is 201 g/mol. The molecule has 1 aliphatic rings. The predicted octanol–water partition coefficient (Wildman–Crippen LogP) is 1.26. The van der Waals surface area contributed by atoms with Gasteiger partial charge in [0.2, 0.25) is 0 Å². The fourth-order valence-corrected chi connectivity index (χ4v) is 2.12. The highest BCUT2D eigenvalue weighted by atomic mass is 16.5. The SMILES string of the molecule is CCOCCN(C)[C@H]1CCCC[C@@H]1O. The zero-order valence-electron chi connectivity index (χ0n) is 9.41. The van der Waals surface area contributed by atoms with Crippen LogP contribution in [0.15, 0.2) is 0 Å². The Hall–Kier alpha value is -0.120. The van der Waals surface area contributed by atoms with Crippen molar-refractivity contribution in [3.63, 3.8) is 0 Å². The molecule has 0 saturated heterocycles. The lowest BCUT2D eigenvalue weighted by Crippen LogP contribution is -2.44. The third kappa shape index (κ3) is 3.56. The van der Waals surface area contributed by atoms with Crippen LogP contribution >= 0.6 is 0 Å². The number of likely N-dealkylation sites (N-methyl/N-ethyl adjacent to an activating group) is 1. The molecule has 1 aliphatic carbocycles. The topological polar surface area (TPSA) is 32.7 Å². The van der Waals surface area contributed by atoms with E-state index in [4.69, 9.17) is 4.74 Å². The van der Waals surface area contributed by atoms with Gasteiger partial charge < -0.3 is 9.84 Å². The molecule has 0 bridgehead atoms. The van der Waals surface area contributed by atoms with Crippen LogP contribution in [0.3, 0.4) is 0 Å². The highest BCUT2D eigenvalue weighted by Crippen LogP contribution is 2.21. The molecular formula is C11H23NO2. The highest BCUT2D eigenvalue weighted by Gasteiger charge is 2.25. The zero-order valence-corrected chi connectivity index (χ0v) is 9.41. The van der Waals surface area contributed by atoms with Crippen LogP contribution in [0.4, 0.5) is 0 Å². The fraction of sp³-hybridized carbons (Fsp3) is 1.00. The van der Waals surface area contributed by atoms with Gasteiger partial charge in [-0.1, -0.05) is 12.8 Å². The lowest BCUT2D eigenvalue weighted by molar-refractivity contribution is 0.0180. The third-order valence-corrected chi connectivity index (χ3v) is 3.05. The summed E-state index contributed by atoms with van der Waals surface area (Å²) < 4.78 is 5.31. The van der Waals surface area contributed by atoms with Gasteiger partial charge in [-0.2, -0.15) is 0 Å². The number of rotatable bonds is 5. The molecule has 0 aromatic heterocycles. The normalized spacial score (nSPS) is 28.3. The van der Waals surface area contributed by atoms with E-state index in [1.54, 1.807) is 0 Å². The van der Waals surface area contributed by atoms with Crippen LogP contribution in [0, 0.1) is 0 Å². The van der Waals surface area contributed by atoms with E-state index in [9.17, 15) is 5.11 Å². The van der Waals surface area contributed by atoms with Crippen LogP contribution in [-0.2, 0) is 4.74 Å². The van der Waals surface area contributed by atoms with E-state index in [1.165, 1.54) is 12.8 Å². The number of aliphatic hydroxyl groups excluding tert-OH is 1. The van der Waals surface area contributed by atoms with E-state index < -0.39 is 0 Å². The van der Waals surface area contributed by atoms with Crippen molar-refractivity contribution < 1.29 is 9.84 Å². The zero-order chi connectivity index (χ0) is 10.4. The van der Waals surface area contributed by atoms with E-state index in [2.05, 4.69) is 11.9 Å². The standard InChI is InChI=1S/C11H23NO2/c1-3-14-9-8-12(2)10-6-4-5-7-11(10)13/h10-11,13H,3-9H2,1-2H3/t10-,11-/m0/s1. The Morgan fingerprint density at radius 1 is 1.36 bits per heavy atom. The molecule has 0 aliphatic heterocycles. The Morgan fingerprint density at radius 3 is 2.71 bits per heavy atom. The van der Waals surface area contributed by atoms with E-state index >= 15 is 0 Å². The van der Waals surface area contributed by atoms with Crippen molar-refractivity contribution in [3.8, 4) is 0 Å². The van der Waals surface area contributed by atoms with E-state index in [1.807, 2.05) is 6.92 Å². The smallest absolute Gasteiger partial charge is 0.0695 e. The third-order valence-electron chi connectivity index (χ3n) is 3.05. The van der Waals surface area contributed by atoms with Crippen LogP contribution in [0.2, 0.25) is 0 Å². The molecule has 1 rings (SSSR count). The molecule has 14 heavy (non-hydrogen) atoms. The fourth-order valence-electron chi connectivity index (χ4n) is 2.12. The van der Waals surface area contributed by atoms with Crippen molar-refractivity contribution in [1.29, 1.82) is 0 Å². The lowest BCUT2D eigenvalue weighted by atomic mass is 9.92.